The molecule has 0 radical (unpaired) electrons. The molecule has 1 unspecified atom stereocenters. The van der Waals surface area contributed by atoms with Gasteiger partial charge in [0, 0.05) is 0 Å². The first-order valence-corrected chi connectivity index (χ1v) is 4.84. The maximum absolute atomic E-state index is 11.2. The highest BCUT2D eigenvalue weighted by Gasteiger charge is 2.17. The van der Waals surface area contributed by atoms with E-state index >= 15 is 0 Å². The highest BCUT2D eigenvalue weighted by Crippen LogP contribution is 2.20. The summed E-state index contributed by atoms with van der Waals surface area (Å²) in [5.41, 5.74) is 5.95. The molecule has 16 heavy (non-hydrogen) atoms. The Morgan fingerprint density at radius 3 is 2.56 bits per heavy atom. The summed E-state index contributed by atoms with van der Waals surface area (Å²) in [6, 6.07) is 7.00. The number of rotatable bonds is 6. The number of carbonyl (C=O) groups excluding carboxylic acids is 1. The molecular formula is C12H15NO3. The van der Waals surface area contributed by atoms with Crippen molar-refractivity contribution in [2.75, 3.05) is 13.7 Å². The number of primary amides is 1. The number of hydrogen-bond acceptors (Lipinski definition) is 3. The maximum atomic E-state index is 11.2. The number of hydrogen-bond donors (Lipinski definition) is 1. The molecule has 0 bridgehead atoms. The molecule has 0 heterocycles. The molecule has 0 spiro atoms. The van der Waals surface area contributed by atoms with Crippen molar-refractivity contribution in [2.24, 2.45) is 5.73 Å². The quantitative estimate of drug-likeness (QED) is 0.739. The van der Waals surface area contributed by atoms with Gasteiger partial charge in [-0.2, -0.15) is 0 Å². The normalized spacial score (nSPS) is 11.8. The highest BCUT2D eigenvalue weighted by molar-refractivity contribution is 5.80. The minimum absolute atomic E-state index is 0.277. The molecular weight excluding hydrogens is 206 g/mol. The van der Waals surface area contributed by atoms with Crippen LogP contribution in [0.25, 0.3) is 0 Å². The van der Waals surface area contributed by atoms with Crippen molar-refractivity contribution in [2.45, 2.75) is 6.10 Å². The van der Waals surface area contributed by atoms with Crippen molar-refractivity contribution >= 4 is 5.91 Å². The minimum Gasteiger partial charge on any atom is -0.497 e. The Morgan fingerprint density at radius 1 is 1.50 bits per heavy atom. The van der Waals surface area contributed by atoms with Crippen LogP contribution in [-0.4, -0.2) is 19.6 Å². The van der Waals surface area contributed by atoms with Gasteiger partial charge in [0.2, 0.25) is 0 Å². The smallest absolute Gasteiger partial charge is 0.251 e. The van der Waals surface area contributed by atoms with Crippen LogP contribution < -0.4 is 10.5 Å². The Kier molecular flexibility index (Phi) is 4.54. The van der Waals surface area contributed by atoms with Gasteiger partial charge in [0.1, 0.15) is 5.75 Å². The lowest BCUT2D eigenvalue weighted by molar-refractivity contribution is -0.129. The largest absolute Gasteiger partial charge is 0.497 e. The van der Waals surface area contributed by atoms with Gasteiger partial charge in [-0.15, -0.1) is 6.58 Å². The number of benzene rings is 1. The maximum Gasteiger partial charge on any atom is 0.251 e. The fraction of sp³-hybridized carbons (Fsp3) is 0.250. The highest BCUT2D eigenvalue weighted by atomic mass is 16.5. The van der Waals surface area contributed by atoms with Crippen LogP contribution in [0, 0.1) is 0 Å². The van der Waals surface area contributed by atoms with Crippen LogP contribution in [0.5, 0.6) is 5.75 Å². The summed E-state index contributed by atoms with van der Waals surface area (Å²) in [7, 11) is 1.58. The van der Waals surface area contributed by atoms with Crippen LogP contribution >= 0.6 is 0 Å². The molecule has 0 fully saturated rings. The van der Waals surface area contributed by atoms with Crippen LogP contribution in [0.2, 0.25) is 0 Å². The molecule has 1 amide bonds. The fourth-order valence-corrected chi connectivity index (χ4v) is 1.29. The molecule has 1 aromatic carbocycles. The van der Waals surface area contributed by atoms with Gasteiger partial charge in [-0.05, 0) is 17.7 Å². The lowest BCUT2D eigenvalue weighted by atomic mass is 10.1. The molecule has 1 aromatic rings. The van der Waals surface area contributed by atoms with E-state index in [-0.39, 0.29) is 6.61 Å². The molecule has 0 aliphatic carbocycles. The molecule has 0 saturated carbocycles. The van der Waals surface area contributed by atoms with Crippen LogP contribution in [0.3, 0.4) is 0 Å². The van der Waals surface area contributed by atoms with Crippen molar-refractivity contribution in [3.05, 3.63) is 42.5 Å². The number of methoxy groups -OCH3 is 1. The molecule has 0 aliphatic heterocycles. The number of ether oxygens (including phenoxy) is 2. The second-order valence-electron chi connectivity index (χ2n) is 3.18. The van der Waals surface area contributed by atoms with Crippen LogP contribution in [0.4, 0.5) is 0 Å². The van der Waals surface area contributed by atoms with Gasteiger partial charge in [0.25, 0.3) is 5.91 Å². The average molecular weight is 221 g/mol. The van der Waals surface area contributed by atoms with Crippen molar-refractivity contribution in [1.82, 2.24) is 0 Å². The molecule has 0 saturated heterocycles. The summed E-state index contributed by atoms with van der Waals surface area (Å²) in [5.74, 6) is 0.197. The summed E-state index contributed by atoms with van der Waals surface area (Å²) in [6.07, 6.45) is 0.823. The number of nitrogens with two attached hydrogens (primary N) is 1. The van der Waals surface area contributed by atoms with E-state index in [0.29, 0.717) is 5.56 Å². The topological polar surface area (TPSA) is 61.5 Å². The van der Waals surface area contributed by atoms with Gasteiger partial charge in [-0.3, -0.25) is 4.79 Å². The SMILES string of the molecule is C=CCOC(C(N)=O)c1ccc(OC)cc1. The van der Waals surface area contributed by atoms with Crippen LogP contribution in [0.1, 0.15) is 11.7 Å². The fourth-order valence-electron chi connectivity index (χ4n) is 1.29. The first-order chi connectivity index (χ1) is 7.69. The van der Waals surface area contributed by atoms with E-state index in [1.807, 2.05) is 0 Å². The number of amides is 1. The molecule has 4 nitrogen and oxygen atoms in total. The van der Waals surface area contributed by atoms with Crippen molar-refractivity contribution < 1.29 is 14.3 Å². The zero-order chi connectivity index (χ0) is 12.0. The third-order valence-corrected chi connectivity index (χ3v) is 2.06. The predicted octanol–water partition coefficient (Wildman–Crippen LogP) is 1.42. The van der Waals surface area contributed by atoms with Gasteiger partial charge in [-0.25, -0.2) is 0 Å². The van der Waals surface area contributed by atoms with Gasteiger partial charge >= 0.3 is 0 Å². The lowest BCUT2D eigenvalue weighted by Gasteiger charge is -2.14. The van der Waals surface area contributed by atoms with Gasteiger partial charge < -0.3 is 15.2 Å². The molecule has 0 aromatic heterocycles. The molecule has 2 N–H and O–H groups in total. The Balaban J connectivity index is 2.83. The van der Waals surface area contributed by atoms with E-state index in [2.05, 4.69) is 6.58 Å². The van der Waals surface area contributed by atoms with E-state index in [1.54, 1.807) is 37.5 Å². The van der Waals surface area contributed by atoms with E-state index < -0.39 is 12.0 Å². The second-order valence-corrected chi connectivity index (χ2v) is 3.18. The number of carbonyl (C=O) groups is 1. The third-order valence-electron chi connectivity index (χ3n) is 2.06. The monoisotopic (exact) mass is 221 g/mol. The first kappa shape index (κ1) is 12.3. The minimum atomic E-state index is -0.746. The van der Waals surface area contributed by atoms with Gasteiger partial charge in [-0.1, -0.05) is 18.2 Å². The van der Waals surface area contributed by atoms with E-state index in [9.17, 15) is 4.79 Å². The Morgan fingerprint density at radius 2 is 2.12 bits per heavy atom. The molecule has 1 atom stereocenters. The average Bonchev–Trinajstić information content (AvgIpc) is 2.30. The lowest BCUT2D eigenvalue weighted by Crippen LogP contribution is -2.23. The van der Waals surface area contributed by atoms with Crippen molar-refractivity contribution in [1.29, 1.82) is 0 Å². The zero-order valence-electron chi connectivity index (χ0n) is 9.18. The van der Waals surface area contributed by atoms with Gasteiger partial charge in [0.15, 0.2) is 6.10 Å². The first-order valence-electron chi connectivity index (χ1n) is 4.84. The van der Waals surface area contributed by atoms with Gasteiger partial charge in [0.05, 0.1) is 13.7 Å². The third kappa shape index (κ3) is 3.10. The van der Waals surface area contributed by atoms with E-state index in [4.69, 9.17) is 15.2 Å². The molecule has 86 valence electrons. The molecule has 1 rings (SSSR count). The zero-order valence-corrected chi connectivity index (χ0v) is 9.18. The summed E-state index contributed by atoms with van der Waals surface area (Å²) >= 11 is 0. The summed E-state index contributed by atoms with van der Waals surface area (Å²) in [4.78, 5) is 11.2. The molecule has 4 heteroatoms. The Bertz CT molecular complexity index is 359. The Hall–Kier alpha value is -1.81. The molecule has 0 aliphatic rings. The summed E-state index contributed by atoms with van der Waals surface area (Å²) in [6.45, 7) is 3.79. The standard InChI is InChI=1S/C12H15NO3/c1-3-8-16-11(12(13)14)9-4-6-10(15-2)7-5-9/h3-7,11H,1,8H2,2H3,(H2,13,14). The Labute approximate surface area is 94.7 Å². The second kappa shape index (κ2) is 5.92. The van der Waals surface area contributed by atoms with Crippen LogP contribution in [0.15, 0.2) is 36.9 Å². The van der Waals surface area contributed by atoms with Crippen LogP contribution in [-0.2, 0) is 9.53 Å². The van der Waals surface area contributed by atoms with Crippen molar-refractivity contribution in [3.8, 4) is 5.75 Å². The summed E-state index contributed by atoms with van der Waals surface area (Å²) < 4.78 is 10.3. The van der Waals surface area contributed by atoms with E-state index in [1.165, 1.54) is 0 Å². The summed E-state index contributed by atoms with van der Waals surface area (Å²) in [5, 5.41) is 0. The predicted molar refractivity (Wildman–Crippen MR) is 61.1 cm³/mol. The van der Waals surface area contributed by atoms with Crippen molar-refractivity contribution in [3.63, 3.8) is 0 Å². The van der Waals surface area contributed by atoms with E-state index in [0.717, 1.165) is 5.75 Å².